The Labute approximate surface area is 126 Å². The van der Waals surface area contributed by atoms with E-state index >= 15 is 0 Å². The van der Waals surface area contributed by atoms with Crippen molar-refractivity contribution in [3.05, 3.63) is 52.7 Å². The molecule has 0 bridgehead atoms. The first-order chi connectivity index (χ1) is 9.91. The van der Waals surface area contributed by atoms with E-state index in [1.165, 1.54) is 31.5 Å². The van der Waals surface area contributed by atoms with Crippen molar-refractivity contribution in [2.24, 2.45) is 0 Å². The summed E-state index contributed by atoms with van der Waals surface area (Å²) in [5.41, 5.74) is -0.0619. The minimum atomic E-state index is -3.50. The lowest BCUT2D eigenvalue weighted by Crippen LogP contribution is -2.22. The second-order valence-corrected chi connectivity index (χ2v) is 8.11. The van der Waals surface area contributed by atoms with Gasteiger partial charge in [-0.25, -0.2) is 12.7 Å². The lowest BCUT2D eigenvalue weighted by atomic mass is 10.2. The van der Waals surface area contributed by atoms with E-state index in [9.17, 15) is 13.2 Å². The van der Waals surface area contributed by atoms with Gasteiger partial charge >= 0.3 is 0 Å². The molecule has 3 rings (SSSR count). The molecule has 0 aliphatic heterocycles. The molecule has 2 aromatic carbocycles. The van der Waals surface area contributed by atoms with Crippen LogP contribution in [-0.4, -0.2) is 26.8 Å². The SMILES string of the molecule is CN(C)S(=O)(=O)c1ccc2c(=O)c3ccccc3sc2c1. The van der Waals surface area contributed by atoms with Crippen LogP contribution in [0.25, 0.3) is 20.2 Å². The molecule has 0 radical (unpaired) electrons. The molecule has 0 aliphatic rings. The number of sulfonamides is 1. The minimum absolute atomic E-state index is 0.0619. The number of hydrogen-bond donors (Lipinski definition) is 0. The van der Waals surface area contributed by atoms with Crippen molar-refractivity contribution in [1.82, 2.24) is 4.31 Å². The van der Waals surface area contributed by atoms with E-state index in [0.29, 0.717) is 15.5 Å². The maximum absolute atomic E-state index is 12.4. The van der Waals surface area contributed by atoms with Gasteiger partial charge in [0, 0.05) is 34.3 Å². The third-order valence-corrected chi connectivity index (χ3v) is 6.27. The number of nitrogens with zero attached hydrogens (tertiary/aromatic N) is 1. The van der Waals surface area contributed by atoms with Crippen molar-refractivity contribution in [3.63, 3.8) is 0 Å². The van der Waals surface area contributed by atoms with Gasteiger partial charge in [-0.2, -0.15) is 0 Å². The first-order valence-corrected chi connectivity index (χ1v) is 8.55. The molecule has 0 spiro atoms. The van der Waals surface area contributed by atoms with E-state index in [1.807, 2.05) is 18.2 Å². The summed E-state index contributed by atoms with van der Waals surface area (Å²) in [7, 11) is -0.520. The second-order valence-electron chi connectivity index (χ2n) is 4.87. The maximum Gasteiger partial charge on any atom is 0.242 e. The first-order valence-electron chi connectivity index (χ1n) is 6.29. The summed E-state index contributed by atoms with van der Waals surface area (Å²) < 4.78 is 27.1. The molecule has 108 valence electrons. The van der Waals surface area contributed by atoms with Gasteiger partial charge in [0.1, 0.15) is 0 Å². The zero-order valence-electron chi connectivity index (χ0n) is 11.5. The first kappa shape index (κ1) is 14.2. The van der Waals surface area contributed by atoms with Crippen molar-refractivity contribution in [2.75, 3.05) is 14.1 Å². The third kappa shape index (κ3) is 2.25. The zero-order chi connectivity index (χ0) is 15.2. The molecule has 0 atom stereocenters. The summed E-state index contributed by atoms with van der Waals surface area (Å²) >= 11 is 1.42. The zero-order valence-corrected chi connectivity index (χ0v) is 13.2. The summed E-state index contributed by atoms with van der Waals surface area (Å²) in [6.45, 7) is 0. The van der Waals surface area contributed by atoms with Crippen LogP contribution in [0.4, 0.5) is 0 Å². The van der Waals surface area contributed by atoms with Gasteiger partial charge in [-0.05, 0) is 30.3 Å². The predicted molar refractivity (Wildman–Crippen MR) is 86.5 cm³/mol. The van der Waals surface area contributed by atoms with E-state index in [4.69, 9.17) is 0 Å². The Morgan fingerprint density at radius 1 is 0.952 bits per heavy atom. The van der Waals surface area contributed by atoms with Gasteiger partial charge in [-0.3, -0.25) is 4.79 Å². The average Bonchev–Trinajstić information content (AvgIpc) is 2.47. The van der Waals surface area contributed by atoms with Crippen molar-refractivity contribution >= 4 is 41.5 Å². The Morgan fingerprint density at radius 2 is 1.62 bits per heavy atom. The fraction of sp³-hybridized carbons (Fsp3) is 0.133. The van der Waals surface area contributed by atoms with Crippen LogP contribution in [0.1, 0.15) is 0 Å². The smallest absolute Gasteiger partial charge is 0.242 e. The highest BCUT2D eigenvalue weighted by Crippen LogP contribution is 2.27. The monoisotopic (exact) mass is 319 g/mol. The highest BCUT2D eigenvalue weighted by atomic mass is 32.2. The normalized spacial score (nSPS) is 12.3. The fourth-order valence-corrected chi connectivity index (χ4v) is 4.27. The summed E-state index contributed by atoms with van der Waals surface area (Å²) in [4.78, 5) is 12.6. The Hall–Kier alpha value is -1.76. The number of rotatable bonds is 2. The molecule has 0 saturated carbocycles. The molecule has 21 heavy (non-hydrogen) atoms. The van der Waals surface area contributed by atoms with E-state index in [-0.39, 0.29) is 10.3 Å². The molecular weight excluding hydrogens is 306 g/mol. The van der Waals surface area contributed by atoms with Gasteiger partial charge in [-0.15, -0.1) is 11.3 Å². The second kappa shape index (κ2) is 4.91. The Bertz CT molecular complexity index is 1000. The van der Waals surface area contributed by atoms with Crippen molar-refractivity contribution < 1.29 is 8.42 Å². The molecule has 4 nitrogen and oxygen atoms in total. The van der Waals surface area contributed by atoms with Crippen molar-refractivity contribution in [2.45, 2.75) is 4.90 Å². The maximum atomic E-state index is 12.4. The topological polar surface area (TPSA) is 54.5 Å². The van der Waals surface area contributed by atoms with Crippen LogP contribution in [0.15, 0.2) is 52.2 Å². The highest BCUT2D eigenvalue weighted by molar-refractivity contribution is 7.89. The van der Waals surface area contributed by atoms with Crippen LogP contribution in [0.5, 0.6) is 0 Å². The van der Waals surface area contributed by atoms with E-state index in [0.717, 1.165) is 9.01 Å². The van der Waals surface area contributed by atoms with Gasteiger partial charge in [0.25, 0.3) is 0 Å². The molecule has 3 aromatic rings. The molecule has 6 heteroatoms. The van der Waals surface area contributed by atoms with Gasteiger partial charge in [-0.1, -0.05) is 12.1 Å². The minimum Gasteiger partial charge on any atom is -0.289 e. The van der Waals surface area contributed by atoms with Crippen LogP contribution >= 0.6 is 11.3 Å². The lowest BCUT2D eigenvalue weighted by Gasteiger charge is -2.11. The Balaban J connectivity index is 2.38. The number of fused-ring (bicyclic) bond motifs is 2. The van der Waals surface area contributed by atoms with Crippen molar-refractivity contribution in [3.8, 4) is 0 Å². The lowest BCUT2D eigenvalue weighted by molar-refractivity contribution is 0.521. The van der Waals surface area contributed by atoms with Gasteiger partial charge in [0.2, 0.25) is 10.0 Å². The molecule has 0 aliphatic carbocycles. The summed E-state index contributed by atoms with van der Waals surface area (Å²) in [6, 6.07) is 12.0. The number of benzene rings is 2. The van der Waals surface area contributed by atoms with Gasteiger partial charge in [0.05, 0.1) is 4.90 Å². The molecule has 0 fully saturated rings. The molecule has 0 saturated heterocycles. The highest BCUT2D eigenvalue weighted by Gasteiger charge is 2.18. The van der Waals surface area contributed by atoms with E-state index in [1.54, 1.807) is 18.2 Å². The summed E-state index contributed by atoms with van der Waals surface area (Å²) in [5, 5.41) is 1.22. The average molecular weight is 319 g/mol. The Morgan fingerprint density at radius 3 is 2.33 bits per heavy atom. The van der Waals surface area contributed by atoms with Crippen LogP contribution < -0.4 is 5.43 Å². The van der Waals surface area contributed by atoms with Crippen LogP contribution in [-0.2, 0) is 10.0 Å². The standard InChI is InChI=1S/C15H13NO3S2/c1-16(2)21(18,19)10-7-8-12-14(9-10)20-13-6-4-3-5-11(13)15(12)17/h3-9H,1-2H3. The van der Waals surface area contributed by atoms with Crippen LogP contribution in [0, 0.1) is 0 Å². The Kier molecular flexibility index (Phi) is 3.32. The van der Waals surface area contributed by atoms with E-state index < -0.39 is 10.0 Å². The summed E-state index contributed by atoms with van der Waals surface area (Å²) in [6.07, 6.45) is 0. The van der Waals surface area contributed by atoms with E-state index in [2.05, 4.69) is 0 Å². The van der Waals surface area contributed by atoms with Gasteiger partial charge < -0.3 is 0 Å². The summed E-state index contributed by atoms with van der Waals surface area (Å²) in [5.74, 6) is 0. The molecule has 0 N–H and O–H groups in total. The van der Waals surface area contributed by atoms with Crippen LogP contribution in [0.2, 0.25) is 0 Å². The van der Waals surface area contributed by atoms with Crippen LogP contribution in [0.3, 0.4) is 0 Å². The fourth-order valence-electron chi connectivity index (χ4n) is 2.15. The molecule has 1 aromatic heterocycles. The predicted octanol–water partition coefficient (Wildman–Crippen LogP) is 2.67. The van der Waals surface area contributed by atoms with Gasteiger partial charge in [0.15, 0.2) is 5.43 Å². The quantitative estimate of drug-likeness (QED) is 0.682. The third-order valence-electron chi connectivity index (χ3n) is 3.33. The largest absolute Gasteiger partial charge is 0.289 e. The van der Waals surface area contributed by atoms with Crippen molar-refractivity contribution in [1.29, 1.82) is 0 Å². The molecule has 0 amide bonds. The molecular formula is C15H13NO3S2. The molecule has 0 unspecified atom stereocenters. The number of hydrogen-bond acceptors (Lipinski definition) is 4. The molecule has 1 heterocycles.